The van der Waals surface area contributed by atoms with Gasteiger partial charge >= 0.3 is 0 Å². The number of carbonyl (C=O) groups is 2. The number of nitrogens with one attached hydrogen (secondary N) is 3. The van der Waals surface area contributed by atoms with E-state index < -0.39 is 15.9 Å². The van der Waals surface area contributed by atoms with Gasteiger partial charge in [-0.3, -0.25) is 19.6 Å². The third kappa shape index (κ3) is 6.00. The molecule has 0 spiro atoms. The first-order chi connectivity index (χ1) is 12.3. The highest BCUT2D eigenvalue weighted by Crippen LogP contribution is 2.29. The van der Waals surface area contributed by atoms with Crippen molar-refractivity contribution in [3.63, 3.8) is 0 Å². The quantitative estimate of drug-likeness (QED) is 0.693. The summed E-state index contributed by atoms with van der Waals surface area (Å²) in [5.41, 5.74) is 0.276. The summed E-state index contributed by atoms with van der Waals surface area (Å²) in [7, 11) is -3.60. The van der Waals surface area contributed by atoms with E-state index in [1.54, 1.807) is 0 Å². The van der Waals surface area contributed by atoms with Crippen LogP contribution in [0.2, 0.25) is 0 Å². The first-order valence-corrected chi connectivity index (χ1v) is 10.6. The summed E-state index contributed by atoms with van der Waals surface area (Å²) in [6.07, 6.45) is 0.983. The average molecular weight is 412 g/mol. The maximum Gasteiger partial charge on any atom is 0.259 e. The fourth-order valence-corrected chi connectivity index (χ4v) is 3.42. The van der Waals surface area contributed by atoms with Crippen molar-refractivity contribution in [1.29, 1.82) is 0 Å². The zero-order chi connectivity index (χ0) is 20.4. The van der Waals surface area contributed by atoms with Crippen LogP contribution in [0.5, 0.6) is 0 Å². The highest BCUT2D eigenvalue weighted by atomic mass is 32.2. The van der Waals surface area contributed by atoms with Gasteiger partial charge in [0.2, 0.25) is 21.1 Å². The summed E-state index contributed by atoms with van der Waals surface area (Å²) in [5, 5.41) is 14.2. The van der Waals surface area contributed by atoms with Gasteiger partial charge in [-0.2, -0.15) is 0 Å². The lowest BCUT2D eigenvalue weighted by Crippen LogP contribution is -2.18. The third-order valence-electron chi connectivity index (χ3n) is 3.17. The standard InChI is InChI=1S/C16H21N5O4S2/c1-9(22)17-10-6-7-12(21-27(5,24)25)11(8-10)13(23)18-15-20-19-14(26-15)16(2,3)4/h6-8,21H,1-5H3,(H,17,22)(H,18,20,23). The van der Waals surface area contributed by atoms with Crippen LogP contribution in [0.25, 0.3) is 0 Å². The SMILES string of the molecule is CC(=O)Nc1ccc(NS(C)(=O)=O)c(C(=O)Nc2nnc(C(C)(C)C)s2)c1. The summed E-state index contributed by atoms with van der Waals surface area (Å²) in [6, 6.07) is 4.28. The number of sulfonamides is 1. The molecular weight excluding hydrogens is 390 g/mol. The van der Waals surface area contributed by atoms with Crippen LogP contribution in [0.3, 0.4) is 0 Å². The van der Waals surface area contributed by atoms with E-state index in [4.69, 9.17) is 0 Å². The van der Waals surface area contributed by atoms with Crippen molar-refractivity contribution in [3.05, 3.63) is 28.8 Å². The molecule has 0 aliphatic rings. The molecule has 1 aromatic heterocycles. The number of benzene rings is 1. The van der Waals surface area contributed by atoms with Gasteiger partial charge in [0.15, 0.2) is 0 Å². The van der Waals surface area contributed by atoms with E-state index in [1.807, 2.05) is 20.8 Å². The van der Waals surface area contributed by atoms with Crippen LogP contribution in [-0.2, 0) is 20.2 Å². The Morgan fingerprint density at radius 2 is 1.78 bits per heavy atom. The van der Waals surface area contributed by atoms with Crippen molar-refractivity contribution >= 4 is 49.7 Å². The van der Waals surface area contributed by atoms with E-state index in [0.717, 1.165) is 11.3 Å². The largest absolute Gasteiger partial charge is 0.326 e. The van der Waals surface area contributed by atoms with Gasteiger partial charge in [0, 0.05) is 18.0 Å². The van der Waals surface area contributed by atoms with Crippen molar-refractivity contribution in [2.24, 2.45) is 0 Å². The summed E-state index contributed by atoms with van der Waals surface area (Å²) < 4.78 is 25.4. The second-order valence-electron chi connectivity index (χ2n) is 6.93. The number of anilines is 3. The van der Waals surface area contributed by atoms with Gasteiger partial charge in [0.05, 0.1) is 17.5 Å². The van der Waals surface area contributed by atoms with Gasteiger partial charge in [-0.25, -0.2) is 8.42 Å². The molecule has 3 N–H and O–H groups in total. The smallest absolute Gasteiger partial charge is 0.259 e. The number of aromatic nitrogens is 2. The Morgan fingerprint density at radius 1 is 1.11 bits per heavy atom. The van der Waals surface area contributed by atoms with Crippen LogP contribution in [-0.4, -0.2) is 36.7 Å². The van der Waals surface area contributed by atoms with Crippen molar-refractivity contribution in [1.82, 2.24) is 10.2 Å². The molecule has 0 radical (unpaired) electrons. The van der Waals surface area contributed by atoms with Gasteiger partial charge in [0.25, 0.3) is 5.91 Å². The summed E-state index contributed by atoms with van der Waals surface area (Å²) in [5.74, 6) is -0.894. The molecule has 146 valence electrons. The molecule has 0 fully saturated rings. The Labute approximate surface area is 161 Å². The monoisotopic (exact) mass is 411 g/mol. The maximum atomic E-state index is 12.7. The van der Waals surface area contributed by atoms with Crippen molar-refractivity contribution in [3.8, 4) is 0 Å². The van der Waals surface area contributed by atoms with Crippen molar-refractivity contribution in [2.75, 3.05) is 21.6 Å². The number of amides is 2. The van der Waals surface area contributed by atoms with Crippen LogP contribution in [0.15, 0.2) is 18.2 Å². The minimum absolute atomic E-state index is 0.0409. The third-order valence-corrected chi connectivity index (χ3v) is 5.02. The van der Waals surface area contributed by atoms with E-state index >= 15 is 0 Å². The van der Waals surface area contributed by atoms with Crippen molar-refractivity contribution < 1.29 is 18.0 Å². The summed E-state index contributed by atoms with van der Waals surface area (Å²) in [6.45, 7) is 7.26. The lowest BCUT2D eigenvalue weighted by Gasteiger charge is -2.13. The van der Waals surface area contributed by atoms with Gasteiger partial charge in [0.1, 0.15) is 5.01 Å². The topological polar surface area (TPSA) is 130 Å². The summed E-state index contributed by atoms with van der Waals surface area (Å²) >= 11 is 1.23. The Hall–Kier alpha value is -2.53. The van der Waals surface area contributed by atoms with Crippen LogP contribution < -0.4 is 15.4 Å². The molecule has 1 aromatic carbocycles. The molecule has 0 saturated carbocycles. The lowest BCUT2D eigenvalue weighted by atomic mass is 9.98. The first-order valence-electron chi connectivity index (χ1n) is 7.90. The second-order valence-corrected chi connectivity index (χ2v) is 9.66. The van der Waals surface area contributed by atoms with Crippen LogP contribution in [0.1, 0.15) is 43.1 Å². The normalized spacial score (nSPS) is 11.7. The van der Waals surface area contributed by atoms with Crippen molar-refractivity contribution in [2.45, 2.75) is 33.1 Å². The number of nitrogens with zero attached hydrogens (tertiary/aromatic N) is 2. The molecule has 1 heterocycles. The molecule has 0 atom stereocenters. The van der Waals surface area contributed by atoms with E-state index in [9.17, 15) is 18.0 Å². The van der Waals surface area contributed by atoms with Crippen LogP contribution >= 0.6 is 11.3 Å². The highest BCUT2D eigenvalue weighted by molar-refractivity contribution is 7.92. The molecule has 0 aliphatic carbocycles. The van der Waals surface area contributed by atoms with Gasteiger partial charge < -0.3 is 5.32 Å². The van der Waals surface area contributed by atoms with Crippen LogP contribution in [0, 0.1) is 0 Å². The molecule has 2 aromatic rings. The lowest BCUT2D eigenvalue weighted by molar-refractivity contribution is -0.114. The number of carbonyl (C=O) groups excluding carboxylic acids is 2. The molecule has 0 saturated heterocycles. The summed E-state index contributed by atoms with van der Waals surface area (Å²) in [4.78, 5) is 24.0. The highest BCUT2D eigenvalue weighted by Gasteiger charge is 2.21. The Kier molecular flexibility index (Phi) is 5.85. The maximum absolute atomic E-state index is 12.7. The number of hydrogen-bond donors (Lipinski definition) is 3. The second kappa shape index (κ2) is 7.61. The van der Waals surface area contributed by atoms with Gasteiger partial charge in [-0.15, -0.1) is 10.2 Å². The van der Waals surface area contributed by atoms with E-state index in [1.165, 1.54) is 36.5 Å². The fraction of sp³-hybridized carbons (Fsp3) is 0.375. The van der Waals surface area contributed by atoms with Gasteiger partial charge in [-0.05, 0) is 18.2 Å². The Bertz CT molecular complexity index is 977. The van der Waals surface area contributed by atoms with E-state index in [2.05, 4.69) is 25.6 Å². The molecule has 2 rings (SSSR count). The Morgan fingerprint density at radius 3 is 2.30 bits per heavy atom. The Balaban J connectivity index is 2.36. The molecule has 0 bridgehead atoms. The fourth-order valence-electron chi connectivity index (χ4n) is 2.04. The average Bonchev–Trinajstić information content (AvgIpc) is 2.95. The minimum Gasteiger partial charge on any atom is -0.326 e. The zero-order valence-electron chi connectivity index (χ0n) is 15.6. The van der Waals surface area contributed by atoms with E-state index in [0.29, 0.717) is 10.8 Å². The first kappa shape index (κ1) is 20.8. The molecule has 11 heteroatoms. The minimum atomic E-state index is -3.60. The molecule has 2 amide bonds. The zero-order valence-corrected chi connectivity index (χ0v) is 17.2. The number of hydrogen-bond acceptors (Lipinski definition) is 7. The molecular formula is C16H21N5O4S2. The molecule has 0 unspecified atom stereocenters. The molecule has 9 nitrogen and oxygen atoms in total. The van der Waals surface area contributed by atoms with Crippen LogP contribution in [0.4, 0.5) is 16.5 Å². The molecule has 0 aliphatic heterocycles. The predicted octanol–water partition coefficient (Wildman–Crippen LogP) is 2.42. The number of rotatable bonds is 5. The molecule has 27 heavy (non-hydrogen) atoms. The van der Waals surface area contributed by atoms with Gasteiger partial charge in [-0.1, -0.05) is 32.1 Å². The van der Waals surface area contributed by atoms with E-state index in [-0.39, 0.29) is 22.6 Å². The predicted molar refractivity (Wildman–Crippen MR) is 106 cm³/mol.